The first-order valence-corrected chi connectivity index (χ1v) is 8.67. The van der Waals surface area contributed by atoms with Crippen LogP contribution in [-0.4, -0.2) is 30.6 Å². The highest BCUT2D eigenvalue weighted by atomic mass is 35.5. The largest absolute Gasteiger partial charge is 0.484 e. The number of benzene rings is 2. The maximum absolute atomic E-state index is 11.7. The fraction of sp³-hybridized carbons (Fsp3) is 0.143. The van der Waals surface area contributed by atoms with Gasteiger partial charge in [0.1, 0.15) is 18.1 Å². The molecule has 0 fully saturated rings. The molecule has 27 heavy (non-hydrogen) atoms. The number of carbonyl (C=O) groups excluding carboxylic acids is 1. The molecule has 0 aliphatic rings. The van der Waals surface area contributed by atoms with Crippen molar-refractivity contribution in [1.82, 2.24) is 10.3 Å². The van der Waals surface area contributed by atoms with Crippen LogP contribution >= 0.6 is 11.6 Å². The summed E-state index contributed by atoms with van der Waals surface area (Å²) in [6.07, 6.45) is 1.74. The van der Waals surface area contributed by atoms with E-state index >= 15 is 0 Å². The van der Waals surface area contributed by atoms with Crippen LogP contribution in [0.5, 0.6) is 11.5 Å². The summed E-state index contributed by atoms with van der Waals surface area (Å²) in [5.41, 5.74) is 0.871. The average Bonchev–Trinajstić information content (AvgIpc) is 2.70. The fourth-order valence-corrected chi connectivity index (χ4v) is 2.37. The van der Waals surface area contributed by atoms with Gasteiger partial charge in [-0.05, 0) is 42.5 Å². The molecule has 0 aliphatic carbocycles. The zero-order valence-corrected chi connectivity index (χ0v) is 15.2. The molecule has 0 atom stereocenters. The number of fused-ring (bicyclic) bond motifs is 1. The molecule has 3 rings (SSSR count). The molecule has 1 N–H and O–H groups in total. The number of halogens is 1. The van der Waals surface area contributed by atoms with Crippen molar-refractivity contribution >= 4 is 28.4 Å². The van der Waals surface area contributed by atoms with Crippen LogP contribution in [0.1, 0.15) is 0 Å². The highest BCUT2D eigenvalue weighted by Crippen LogP contribution is 2.18. The van der Waals surface area contributed by atoms with Crippen LogP contribution in [0.15, 0.2) is 60.8 Å². The Morgan fingerprint density at radius 3 is 2.70 bits per heavy atom. The van der Waals surface area contributed by atoms with Crippen molar-refractivity contribution in [1.29, 1.82) is 0 Å². The first kappa shape index (κ1) is 18.6. The van der Waals surface area contributed by atoms with E-state index in [2.05, 4.69) is 22.1 Å². The molecule has 1 amide bonds. The van der Waals surface area contributed by atoms with Crippen molar-refractivity contribution in [2.45, 2.75) is 0 Å². The third-order valence-electron chi connectivity index (χ3n) is 3.57. The summed E-state index contributed by atoms with van der Waals surface area (Å²) in [5.74, 6) is 6.73. The number of hydrogen-bond donors (Lipinski definition) is 1. The van der Waals surface area contributed by atoms with Gasteiger partial charge >= 0.3 is 0 Å². The van der Waals surface area contributed by atoms with Crippen molar-refractivity contribution in [3.8, 4) is 23.3 Å². The average molecular weight is 381 g/mol. The van der Waals surface area contributed by atoms with Gasteiger partial charge in [0, 0.05) is 22.7 Å². The summed E-state index contributed by atoms with van der Waals surface area (Å²) in [6.45, 7) is 0.380. The van der Waals surface area contributed by atoms with Crippen LogP contribution in [-0.2, 0) is 4.79 Å². The van der Waals surface area contributed by atoms with Crippen LogP contribution in [0.4, 0.5) is 0 Å². The second-order valence-corrected chi connectivity index (χ2v) is 5.96. The zero-order valence-electron chi connectivity index (χ0n) is 14.4. The van der Waals surface area contributed by atoms with E-state index in [0.29, 0.717) is 16.5 Å². The normalized spacial score (nSPS) is 9.96. The van der Waals surface area contributed by atoms with Gasteiger partial charge in [-0.25, -0.2) is 0 Å². The summed E-state index contributed by atoms with van der Waals surface area (Å²) in [4.78, 5) is 16.0. The molecule has 0 saturated carbocycles. The van der Waals surface area contributed by atoms with Crippen molar-refractivity contribution in [3.05, 3.63) is 65.8 Å². The molecule has 0 spiro atoms. The summed E-state index contributed by atoms with van der Waals surface area (Å²) in [5, 5.41) is 4.33. The fourth-order valence-electron chi connectivity index (χ4n) is 2.24. The lowest BCUT2D eigenvalue weighted by Crippen LogP contribution is -2.29. The number of carbonyl (C=O) groups is 1. The molecule has 0 saturated heterocycles. The molecule has 3 aromatic rings. The smallest absolute Gasteiger partial charge is 0.258 e. The quantitative estimate of drug-likeness (QED) is 0.665. The Hall–Kier alpha value is -3.23. The van der Waals surface area contributed by atoms with Gasteiger partial charge in [-0.1, -0.05) is 29.5 Å². The lowest BCUT2D eigenvalue weighted by Gasteiger charge is -2.05. The molecule has 0 unspecified atom stereocenters. The van der Waals surface area contributed by atoms with E-state index in [9.17, 15) is 4.79 Å². The molecule has 0 bridgehead atoms. The molecule has 136 valence electrons. The van der Waals surface area contributed by atoms with E-state index < -0.39 is 0 Å². The van der Waals surface area contributed by atoms with E-state index in [-0.39, 0.29) is 25.7 Å². The predicted octanol–water partition coefficient (Wildman–Crippen LogP) is 3.47. The van der Waals surface area contributed by atoms with E-state index in [4.69, 9.17) is 21.1 Å². The van der Waals surface area contributed by atoms with E-state index in [1.165, 1.54) is 0 Å². The minimum atomic E-state index is -0.249. The standard InChI is InChI=1S/C21H17ClN2O3/c22-17-6-9-18(10-7-17)27-15-21(25)24-11-1-2-13-26-19-8-5-16-4-3-12-23-20(16)14-19/h3-10,12,14H,11,13,15H2,(H,24,25). The van der Waals surface area contributed by atoms with Gasteiger partial charge in [0.05, 0.1) is 12.1 Å². The SMILES string of the molecule is O=C(COc1ccc(Cl)cc1)NCC#CCOc1ccc2cccnc2c1. The van der Waals surface area contributed by atoms with E-state index in [0.717, 1.165) is 10.9 Å². The van der Waals surface area contributed by atoms with Crippen molar-refractivity contribution in [2.24, 2.45) is 0 Å². The summed E-state index contributed by atoms with van der Waals surface area (Å²) < 4.78 is 10.9. The summed E-state index contributed by atoms with van der Waals surface area (Å²) in [6, 6.07) is 16.4. The third kappa shape index (κ3) is 5.91. The van der Waals surface area contributed by atoms with Crippen molar-refractivity contribution < 1.29 is 14.3 Å². The maximum atomic E-state index is 11.7. The van der Waals surface area contributed by atoms with Crippen LogP contribution in [0.3, 0.4) is 0 Å². The van der Waals surface area contributed by atoms with Gasteiger partial charge in [-0.15, -0.1) is 0 Å². The zero-order chi connectivity index (χ0) is 18.9. The topological polar surface area (TPSA) is 60.5 Å². The Morgan fingerprint density at radius 2 is 1.85 bits per heavy atom. The Bertz CT molecular complexity index is 978. The predicted molar refractivity (Wildman–Crippen MR) is 105 cm³/mol. The lowest BCUT2D eigenvalue weighted by atomic mass is 10.2. The second kappa shape index (κ2) is 9.46. The maximum Gasteiger partial charge on any atom is 0.258 e. The minimum Gasteiger partial charge on any atom is -0.484 e. The number of nitrogens with one attached hydrogen (secondary N) is 1. The monoisotopic (exact) mass is 380 g/mol. The number of hydrogen-bond acceptors (Lipinski definition) is 4. The van der Waals surface area contributed by atoms with Gasteiger partial charge < -0.3 is 14.8 Å². The number of pyridine rings is 1. The number of rotatable bonds is 6. The summed E-state index contributed by atoms with van der Waals surface area (Å²) in [7, 11) is 0. The van der Waals surface area contributed by atoms with E-state index in [1.807, 2.05) is 30.3 Å². The first-order chi connectivity index (χ1) is 13.2. The second-order valence-electron chi connectivity index (χ2n) is 5.52. The Labute approximate surface area is 162 Å². The molecule has 5 nitrogen and oxygen atoms in total. The molecular formula is C21H17ClN2O3. The van der Waals surface area contributed by atoms with E-state index in [1.54, 1.807) is 30.5 Å². The molecule has 1 aromatic heterocycles. The van der Waals surface area contributed by atoms with Crippen molar-refractivity contribution in [3.63, 3.8) is 0 Å². The van der Waals surface area contributed by atoms with Crippen LogP contribution < -0.4 is 14.8 Å². The van der Waals surface area contributed by atoms with Gasteiger partial charge in [-0.3, -0.25) is 9.78 Å². The van der Waals surface area contributed by atoms with Gasteiger partial charge in [0.2, 0.25) is 0 Å². The van der Waals surface area contributed by atoms with Crippen LogP contribution in [0, 0.1) is 11.8 Å². The van der Waals surface area contributed by atoms with Crippen molar-refractivity contribution in [2.75, 3.05) is 19.8 Å². The van der Waals surface area contributed by atoms with Gasteiger partial charge in [-0.2, -0.15) is 0 Å². The number of amides is 1. The highest BCUT2D eigenvalue weighted by Gasteiger charge is 2.01. The molecule has 0 aliphatic heterocycles. The Balaban J connectivity index is 1.36. The third-order valence-corrected chi connectivity index (χ3v) is 3.82. The molecule has 0 radical (unpaired) electrons. The lowest BCUT2D eigenvalue weighted by molar-refractivity contribution is -0.122. The number of ether oxygens (including phenoxy) is 2. The minimum absolute atomic E-state index is 0.0795. The highest BCUT2D eigenvalue weighted by molar-refractivity contribution is 6.30. The van der Waals surface area contributed by atoms with Gasteiger partial charge in [0.25, 0.3) is 5.91 Å². The molecule has 1 heterocycles. The van der Waals surface area contributed by atoms with Crippen LogP contribution in [0.25, 0.3) is 10.9 Å². The Kier molecular flexibility index (Phi) is 6.50. The molecule has 6 heteroatoms. The number of aromatic nitrogens is 1. The molecule has 2 aromatic carbocycles. The molecular weight excluding hydrogens is 364 g/mol. The summed E-state index contributed by atoms with van der Waals surface area (Å²) >= 11 is 5.79. The number of nitrogens with zero attached hydrogens (tertiary/aromatic N) is 1. The first-order valence-electron chi connectivity index (χ1n) is 8.29. The Morgan fingerprint density at radius 1 is 1.04 bits per heavy atom. The van der Waals surface area contributed by atoms with Crippen LogP contribution in [0.2, 0.25) is 5.02 Å². The van der Waals surface area contributed by atoms with Gasteiger partial charge in [0.15, 0.2) is 6.61 Å².